The van der Waals surface area contributed by atoms with Crippen LogP contribution in [0.5, 0.6) is 0 Å². The second kappa shape index (κ2) is 3.78. The second-order valence-corrected chi connectivity index (χ2v) is 5.68. The van der Waals surface area contributed by atoms with Crippen LogP contribution in [0.15, 0.2) is 29.2 Å². The molecule has 0 amide bonds. The van der Waals surface area contributed by atoms with E-state index in [-0.39, 0.29) is 11.4 Å². The van der Waals surface area contributed by atoms with Crippen LogP contribution in [0.25, 0.3) is 0 Å². The van der Waals surface area contributed by atoms with Crippen LogP contribution >= 0.6 is 0 Å². The Morgan fingerprint density at radius 1 is 1.31 bits per heavy atom. The van der Waals surface area contributed by atoms with Gasteiger partial charge in [-0.15, -0.1) is 0 Å². The maximum absolute atomic E-state index is 12.3. The summed E-state index contributed by atoms with van der Waals surface area (Å²) in [7, 11) is -3.72. The van der Waals surface area contributed by atoms with Crippen molar-refractivity contribution in [2.75, 3.05) is 6.54 Å². The summed E-state index contributed by atoms with van der Waals surface area (Å²) < 4.78 is 49.0. The van der Waals surface area contributed by atoms with Crippen LogP contribution in [0.1, 0.15) is 5.56 Å². The van der Waals surface area contributed by atoms with Gasteiger partial charge in [-0.3, -0.25) is 0 Å². The molecule has 0 saturated carbocycles. The molecule has 1 aromatic carbocycles. The summed E-state index contributed by atoms with van der Waals surface area (Å²) >= 11 is 0. The molecule has 1 saturated heterocycles. The molecular weight excluding hydrogens is 236 g/mol. The highest BCUT2D eigenvalue weighted by Crippen LogP contribution is 2.31. The molecule has 0 aromatic heterocycles. The number of sulfonamides is 1. The first-order valence-electron chi connectivity index (χ1n) is 4.79. The lowest BCUT2D eigenvalue weighted by atomic mass is 10.2. The average molecular weight is 247 g/mol. The SMILES string of the molecule is Cc1ccc(S(=O)(=O)N2C[C@@H]2C(F)F)cc1. The fourth-order valence-corrected chi connectivity index (χ4v) is 3.01. The van der Waals surface area contributed by atoms with E-state index in [0.717, 1.165) is 9.87 Å². The summed E-state index contributed by atoms with van der Waals surface area (Å²) in [6.07, 6.45) is -2.61. The molecule has 0 radical (unpaired) electrons. The molecule has 1 aliphatic heterocycles. The molecule has 0 spiro atoms. The van der Waals surface area contributed by atoms with E-state index < -0.39 is 22.5 Å². The lowest BCUT2D eigenvalue weighted by Gasteiger charge is -2.06. The molecule has 3 nitrogen and oxygen atoms in total. The lowest BCUT2D eigenvalue weighted by molar-refractivity contribution is 0.138. The van der Waals surface area contributed by atoms with E-state index >= 15 is 0 Å². The van der Waals surface area contributed by atoms with Crippen LogP contribution in [-0.4, -0.2) is 31.7 Å². The van der Waals surface area contributed by atoms with E-state index in [2.05, 4.69) is 0 Å². The van der Waals surface area contributed by atoms with Crippen molar-refractivity contribution in [1.82, 2.24) is 4.31 Å². The highest BCUT2D eigenvalue weighted by molar-refractivity contribution is 7.89. The third kappa shape index (κ3) is 1.94. The Morgan fingerprint density at radius 3 is 2.31 bits per heavy atom. The molecule has 0 bridgehead atoms. The van der Waals surface area contributed by atoms with Crippen LogP contribution in [0.4, 0.5) is 8.78 Å². The zero-order valence-corrected chi connectivity index (χ0v) is 9.42. The number of aryl methyl sites for hydroxylation is 1. The van der Waals surface area contributed by atoms with Crippen LogP contribution in [0.2, 0.25) is 0 Å². The van der Waals surface area contributed by atoms with Gasteiger partial charge in [0.2, 0.25) is 10.0 Å². The van der Waals surface area contributed by atoms with E-state index in [9.17, 15) is 17.2 Å². The predicted molar refractivity (Wildman–Crippen MR) is 54.9 cm³/mol. The van der Waals surface area contributed by atoms with Crippen molar-refractivity contribution in [3.63, 3.8) is 0 Å². The molecule has 0 aliphatic carbocycles. The number of halogens is 2. The van der Waals surface area contributed by atoms with Gasteiger partial charge >= 0.3 is 0 Å². The molecule has 1 unspecified atom stereocenters. The third-order valence-corrected chi connectivity index (χ3v) is 4.43. The normalized spacial score (nSPS) is 24.8. The first-order chi connectivity index (χ1) is 7.43. The Morgan fingerprint density at radius 2 is 1.88 bits per heavy atom. The van der Waals surface area contributed by atoms with Crippen LogP contribution < -0.4 is 0 Å². The van der Waals surface area contributed by atoms with E-state index in [1.165, 1.54) is 12.1 Å². The highest BCUT2D eigenvalue weighted by atomic mass is 32.2. The minimum Gasteiger partial charge on any atom is -0.209 e. The van der Waals surface area contributed by atoms with Crippen molar-refractivity contribution in [2.24, 2.45) is 0 Å². The zero-order chi connectivity index (χ0) is 11.9. The van der Waals surface area contributed by atoms with E-state index in [1.54, 1.807) is 12.1 Å². The number of nitrogens with zero attached hydrogens (tertiary/aromatic N) is 1. The van der Waals surface area contributed by atoms with Gasteiger partial charge < -0.3 is 0 Å². The minimum absolute atomic E-state index is 0.0706. The van der Waals surface area contributed by atoms with Gasteiger partial charge in [0.05, 0.1) is 10.9 Å². The van der Waals surface area contributed by atoms with Crippen LogP contribution in [0, 0.1) is 6.92 Å². The van der Waals surface area contributed by atoms with Gasteiger partial charge in [-0.25, -0.2) is 17.2 Å². The number of hydrogen-bond acceptors (Lipinski definition) is 2. The number of alkyl halides is 2. The predicted octanol–water partition coefficient (Wildman–Crippen LogP) is 1.63. The third-order valence-electron chi connectivity index (χ3n) is 2.52. The Kier molecular flexibility index (Phi) is 2.71. The standard InChI is InChI=1S/C10H11F2NO2S/c1-7-2-4-8(5-3-7)16(14,15)13-6-9(13)10(11)12/h2-5,9-10H,6H2,1H3/t9-,13?/m1/s1. The summed E-state index contributed by atoms with van der Waals surface area (Å²) in [5.41, 5.74) is 0.926. The van der Waals surface area contributed by atoms with Crippen LogP contribution in [0.3, 0.4) is 0 Å². The van der Waals surface area contributed by atoms with Gasteiger partial charge in [0.1, 0.15) is 0 Å². The first kappa shape index (κ1) is 11.5. The molecule has 1 fully saturated rings. The van der Waals surface area contributed by atoms with Gasteiger partial charge in [-0.2, -0.15) is 4.31 Å². The molecule has 6 heteroatoms. The zero-order valence-electron chi connectivity index (χ0n) is 8.60. The lowest BCUT2D eigenvalue weighted by Crippen LogP contribution is -2.18. The molecule has 1 aromatic rings. The number of rotatable bonds is 3. The quantitative estimate of drug-likeness (QED) is 0.761. The van der Waals surface area contributed by atoms with Crippen LogP contribution in [-0.2, 0) is 10.0 Å². The van der Waals surface area contributed by atoms with Crippen molar-refractivity contribution < 1.29 is 17.2 Å². The average Bonchev–Trinajstić information content (AvgIpc) is 2.98. The van der Waals surface area contributed by atoms with Gasteiger partial charge in [-0.1, -0.05) is 17.7 Å². The maximum Gasteiger partial charge on any atom is 0.256 e. The van der Waals surface area contributed by atoms with Gasteiger partial charge in [0.25, 0.3) is 6.43 Å². The summed E-state index contributed by atoms with van der Waals surface area (Å²) in [5.74, 6) is 0. The second-order valence-electron chi connectivity index (χ2n) is 3.79. The Bertz CT molecular complexity index is 484. The Balaban J connectivity index is 2.24. The molecule has 2 atom stereocenters. The minimum atomic E-state index is -3.72. The van der Waals surface area contributed by atoms with Gasteiger partial charge in [-0.05, 0) is 19.1 Å². The molecule has 88 valence electrons. The molecule has 2 rings (SSSR count). The fourth-order valence-electron chi connectivity index (χ4n) is 1.46. The fraction of sp³-hybridized carbons (Fsp3) is 0.400. The van der Waals surface area contributed by atoms with Crippen molar-refractivity contribution in [1.29, 1.82) is 0 Å². The molecule has 16 heavy (non-hydrogen) atoms. The topological polar surface area (TPSA) is 37.1 Å². The smallest absolute Gasteiger partial charge is 0.209 e. The number of hydrogen-bond donors (Lipinski definition) is 0. The highest BCUT2D eigenvalue weighted by Gasteiger charge is 2.50. The summed E-state index contributed by atoms with van der Waals surface area (Å²) in [6.45, 7) is 1.74. The van der Waals surface area contributed by atoms with E-state index in [1.807, 2.05) is 6.92 Å². The summed E-state index contributed by atoms with van der Waals surface area (Å²) in [4.78, 5) is 0.0706. The Hall–Kier alpha value is -1.01. The van der Waals surface area contributed by atoms with E-state index in [4.69, 9.17) is 0 Å². The van der Waals surface area contributed by atoms with Crippen molar-refractivity contribution in [3.8, 4) is 0 Å². The maximum atomic E-state index is 12.3. The summed E-state index contributed by atoms with van der Waals surface area (Å²) in [6, 6.07) is 5.02. The molecule has 1 heterocycles. The largest absolute Gasteiger partial charge is 0.256 e. The van der Waals surface area contributed by atoms with Gasteiger partial charge in [0, 0.05) is 6.54 Å². The monoisotopic (exact) mass is 247 g/mol. The van der Waals surface area contributed by atoms with Crippen molar-refractivity contribution >= 4 is 10.0 Å². The summed E-state index contributed by atoms with van der Waals surface area (Å²) in [5, 5.41) is 0. The number of benzene rings is 1. The molecule has 0 N–H and O–H groups in total. The van der Waals surface area contributed by atoms with Gasteiger partial charge in [0.15, 0.2) is 0 Å². The molecule has 1 aliphatic rings. The van der Waals surface area contributed by atoms with E-state index in [0.29, 0.717) is 0 Å². The Labute approximate surface area is 92.7 Å². The van der Waals surface area contributed by atoms with Crippen molar-refractivity contribution in [3.05, 3.63) is 29.8 Å². The molecular formula is C10H11F2NO2S. The first-order valence-corrected chi connectivity index (χ1v) is 6.23. The van der Waals surface area contributed by atoms with Crippen molar-refractivity contribution in [2.45, 2.75) is 24.3 Å².